The molecule has 116 valence electrons. The van der Waals surface area contributed by atoms with Crippen molar-refractivity contribution in [3.63, 3.8) is 0 Å². The smallest absolute Gasteiger partial charge is 0.127 e. The fourth-order valence-corrected chi connectivity index (χ4v) is 3.67. The number of likely N-dealkylation sites (tertiary alicyclic amines) is 1. The Balaban J connectivity index is 1.85. The lowest BCUT2D eigenvalue weighted by Gasteiger charge is -2.41. The van der Waals surface area contributed by atoms with E-state index in [-0.39, 0.29) is 5.41 Å². The molecule has 0 aromatic carbocycles. The van der Waals surface area contributed by atoms with Crippen LogP contribution in [0.5, 0.6) is 0 Å². The minimum Gasteiger partial charge on any atom is -0.377 e. The summed E-state index contributed by atoms with van der Waals surface area (Å²) in [5, 5.41) is 0. The van der Waals surface area contributed by atoms with Crippen LogP contribution in [0, 0.1) is 11.3 Å². The van der Waals surface area contributed by atoms with Crippen molar-refractivity contribution in [3.8, 4) is 0 Å². The summed E-state index contributed by atoms with van der Waals surface area (Å²) in [7, 11) is 0. The van der Waals surface area contributed by atoms with Gasteiger partial charge in [0.15, 0.2) is 0 Å². The van der Waals surface area contributed by atoms with Crippen molar-refractivity contribution in [2.45, 2.75) is 64.9 Å². The second kappa shape index (κ2) is 7.56. The normalized spacial score (nSPS) is 35.9. The van der Waals surface area contributed by atoms with E-state index in [4.69, 9.17) is 4.74 Å². The zero-order valence-corrected chi connectivity index (χ0v) is 13.3. The van der Waals surface area contributed by atoms with Gasteiger partial charge in [0.25, 0.3) is 0 Å². The van der Waals surface area contributed by atoms with E-state index in [0.717, 1.165) is 51.4 Å². The fourth-order valence-electron chi connectivity index (χ4n) is 3.67. The average molecular weight is 281 g/mol. The fraction of sp³-hybridized carbons (Fsp3) is 0.941. The van der Waals surface area contributed by atoms with Crippen LogP contribution in [0.2, 0.25) is 0 Å². The van der Waals surface area contributed by atoms with Crippen LogP contribution >= 0.6 is 0 Å². The lowest BCUT2D eigenvalue weighted by molar-refractivity contribution is -0.120. The average Bonchev–Trinajstić information content (AvgIpc) is 2.48. The van der Waals surface area contributed by atoms with Gasteiger partial charge in [-0.15, -0.1) is 0 Å². The Morgan fingerprint density at radius 3 is 2.70 bits per heavy atom. The lowest BCUT2D eigenvalue weighted by Crippen LogP contribution is -2.47. The van der Waals surface area contributed by atoms with Crippen LogP contribution in [-0.2, 0) is 9.53 Å². The molecule has 1 atom stereocenters. The van der Waals surface area contributed by atoms with E-state index in [0.29, 0.717) is 6.10 Å². The molecule has 3 heteroatoms. The summed E-state index contributed by atoms with van der Waals surface area (Å²) in [5.74, 6) is 0.796. The Labute approximate surface area is 124 Å². The molecule has 1 aliphatic carbocycles. The third-order valence-corrected chi connectivity index (χ3v) is 5.08. The van der Waals surface area contributed by atoms with Crippen LogP contribution in [-0.4, -0.2) is 43.5 Å². The molecule has 0 spiro atoms. The van der Waals surface area contributed by atoms with E-state index in [2.05, 4.69) is 18.7 Å². The standard InChI is InChI=1S/C17H31NO2/c1-3-11-20-16-5-4-10-18(12-16)13-17(14-19)8-6-15(2)7-9-17/h14-16H,3-13H2,1-2H3. The third-order valence-electron chi connectivity index (χ3n) is 5.08. The second-order valence-electron chi connectivity index (χ2n) is 7.03. The Bertz CT molecular complexity index is 297. The minimum atomic E-state index is -0.0703. The molecular formula is C17H31NO2. The van der Waals surface area contributed by atoms with Crippen LogP contribution in [0.1, 0.15) is 58.8 Å². The molecule has 2 aliphatic rings. The summed E-state index contributed by atoms with van der Waals surface area (Å²) in [4.78, 5) is 14.1. The van der Waals surface area contributed by atoms with Crippen LogP contribution in [0.4, 0.5) is 0 Å². The highest BCUT2D eigenvalue weighted by atomic mass is 16.5. The molecular weight excluding hydrogens is 250 g/mol. The number of ether oxygens (including phenoxy) is 1. The Morgan fingerprint density at radius 1 is 1.30 bits per heavy atom. The molecule has 1 saturated carbocycles. The van der Waals surface area contributed by atoms with Crippen LogP contribution in [0.3, 0.4) is 0 Å². The van der Waals surface area contributed by atoms with Crippen molar-refractivity contribution in [2.24, 2.45) is 11.3 Å². The first kappa shape index (κ1) is 16.0. The molecule has 0 bridgehead atoms. The van der Waals surface area contributed by atoms with Gasteiger partial charge in [0.2, 0.25) is 0 Å². The minimum absolute atomic E-state index is 0.0703. The van der Waals surface area contributed by atoms with Crippen molar-refractivity contribution in [2.75, 3.05) is 26.2 Å². The summed E-state index contributed by atoms with van der Waals surface area (Å²) in [6.45, 7) is 8.45. The molecule has 0 N–H and O–H groups in total. The molecule has 0 radical (unpaired) electrons. The Morgan fingerprint density at radius 2 is 2.05 bits per heavy atom. The largest absolute Gasteiger partial charge is 0.377 e. The highest BCUT2D eigenvalue weighted by Crippen LogP contribution is 2.38. The van der Waals surface area contributed by atoms with Crippen LogP contribution in [0.25, 0.3) is 0 Å². The highest BCUT2D eigenvalue weighted by Gasteiger charge is 2.36. The van der Waals surface area contributed by atoms with Gasteiger partial charge in [0.1, 0.15) is 6.29 Å². The van der Waals surface area contributed by atoms with Gasteiger partial charge in [0, 0.05) is 25.1 Å². The maximum Gasteiger partial charge on any atom is 0.127 e. The summed E-state index contributed by atoms with van der Waals surface area (Å²) in [5.41, 5.74) is -0.0703. The predicted octanol–water partition coefficient (Wildman–Crippen LogP) is 3.27. The van der Waals surface area contributed by atoms with Crippen molar-refractivity contribution < 1.29 is 9.53 Å². The Hall–Kier alpha value is -0.410. The third kappa shape index (κ3) is 4.29. The molecule has 20 heavy (non-hydrogen) atoms. The number of carbonyl (C=O) groups is 1. The van der Waals surface area contributed by atoms with E-state index >= 15 is 0 Å². The number of nitrogens with zero attached hydrogens (tertiary/aromatic N) is 1. The molecule has 1 unspecified atom stereocenters. The number of carbonyl (C=O) groups excluding carboxylic acids is 1. The van der Waals surface area contributed by atoms with E-state index in [1.54, 1.807) is 0 Å². The summed E-state index contributed by atoms with van der Waals surface area (Å²) >= 11 is 0. The molecule has 0 amide bonds. The number of hydrogen-bond donors (Lipinski definition) is 0. The van der Waals surface area contributed by atoms with Crippen molar-refractivity contribution >= 4 is 6.29 Å². The van der Waals surface area contributed by atoms with E-state index in [9.17, 15) is 4.79 Å². The maximum absolute atomic E-state index is 11.7. The molecule has 0 aromatic heterocycles. The quantitative estimate of drug-likeness (QED) is 0.700. The van der Waals surface area contributed by atoms with E-state index < -0.39 is 0 Å². The molecule has 3 nitrogen and oxygen atoms in total. The first-order chi connectivity index (χ1) is 9.67. The van der Waals surface area contributed by atoms with Gasteiger partial charge in [-0.05, 0) is 57.4 Å². The molecule has 1 aliphatic heterocycles. The van der Waals surface area contributed by atoms with E-state index in [1.807, 2.05) is 0 Å². The summed E-state index contributed by atoms with van der Waals surface area (Å²) in [6, 6.07) is 0. The number of piperidine rings is 1. The van der Waals surface area contributed by atoms with Crippen molar-refractivity contribution in [1.29, 1.82) is 0 Å². The SMILES string of the molecule is CCCOC1CCCN(CC2(C=O)CCC(C)CC2)C1. The first-order valence-electron chi connectivity index (χ1n) is 8.48. The van der Waals surface area contributed by atoms with Gasteiger partial charge in [0.05, 0.1) is 6.10 Å². The number of aldehydes is 1. The van der Waals surface area contributed by atoms with Crippen molar-refractivity contribution in [1.82, 2.24) is 4.90 Å². The summed E-state index contributed by atoms with van der Waals surface area (Å²) < 4.78 is 5.91. The zero-order chi connectivity index (χ0) is 14.4. The topological polar surface area (TPSA) is 29.5 Å². The summed E-state index contributed by atoms with van der Waals surface area (Å²) in [6.07, 6.45) is 9.70. The van der Waals surface area contributed by atoms with Gasteiger partial charge in [-0.25, -0.2) is 0 Å². The van der Waals surface area contributed by atoms with Crippen molar-refractivity contribution in [3.05, 3.63) is 0 Å². The first-order valence-corrected chi connectivity index (χ1v) is 8.48. The monoisotopic (exact) mass is 281 g/mol. The number of hydrogen-bond acceptors (Lipinski definition) is 3. The second-order valence-corrected chi connectivity index (χ2v) is 7.03. The van der Waals surface area contributed by atoms with Gasteiger partial charge < -0.3 is 9.53 Å². The van der Waals surface area contributed by atoms with Gasteiger partial charge in [-0.2, -0.15) is 0 Å². The zero-order valence-electron chi connectivity index (χ0n) is 13.3. The number of rotatable bonds is 6. The van der Waals surface area contributed by atoms with Crippen LogP contribution in [0.15, 0.2) is 0 Å². The van der Waals surface area contributed by atoms with Crippen LogP contribution < -0.4 is 0 Å². The van der Waals surface area contributed by atoms with E-state index in [1.165, 1.54) is 32.0 Å². The van der Waals surface area contributed by atoms with Gasteiger partial charge in [-0.1, -0.05) is 13.8 Å². The highest BCUT2D eigenvalue weighted by molar-refractivity contribution is 5.60. The predicted molar refractivity (Wildman–Crippen MR) is 81.8 cm³/mol. The molecule has 2 fully saturated rings. The maximum atomic E-state index is 11.7. The Kier molecular flexibility index (Phi) is 6.03. The van der Waals surface area contributed by atoms with Gasteiger partial charge >= 0.3 is 0 Å². The molecule has 1 saturated heterocycles. The molecule has 2 rings (SSSR count). The molecule has 0 aromatic rings. The molecule has 1 heterocycles. The van der Waals surface area contributed by atoms with Gasteiger partial charge in [-0.3, -0.25) is 4.90 Å². The lowest BCUT2D eigenvalue weighted by atomic mass is 9.71.